The van der Waals surface area contributed by atoms with Gasteiger partial charge in [-0.05, 0) is 153 Å². The lowest BCUT2D eigenvalue weighted by molar-refractivity contribution is -0.151. The summed E-state index contributed by atoms with van der Waals surface area (Å²) in [6, 6.07) is 11.4. The van der Waals surface area contributed by atoms with Crippen molar-refractivity contribution in [2.75, 3.05) is 0 Å². The summed E-state index contributed by atoms with van der Waals surface area (Å²) >= 11 is 0. The number of benzene rings is 2. The number of ether oxygens (including phenoxy) is 3. The van der Waals surface area contributed by atoms with E-state index in [1.807, 2.05) is 0 Å². The Labute approximate surface area is 342 Å². The number of rotatable bonds is 18. The molecule has 3 fully saturated rings. The highest BCUT2D eigenvalue weighted by Gasteiger charge is 2.59. The molecule has 0 spiro atoms. The van der Waals surface area contributed by atoms with Crippen LogP contribution in [-0.2, 0) is 14.3 Å². The topological polar surface area (TPSA) is 78.9 Å². The minimum atomic E-state index is -0.595. The molecule has 4 aliphatic carbocycles. The molecule has 3 saturated carbocycles. The molecule has 8 atom stereocenters. The van der Waals surface area contributed by atoms with Gasteiger partial charge in [-0.15, -0.1) is 0 Å². The highest BCUT2D eigenvalue weighted by molar-refractivity contribution is 5.91. The fourth-order valence-corrected chi connectivity index (χ4v) is 11.8. The van der Waals surface area contributed by atoms with Gasteiger partial charge in [0.2, 0.25) is 0 Å². The van der Waals surface area contributed by atoms with E-state index in [-0.39, 0.29) is 29.0 Å². The van der Waals surface area contributed by atoms with E-state index in [1.54, 1.807) is 29.8 Å². The Balaban J connectivity index is 0.833. The van der Waals surface area contributed by atoms with Crippen LogP contribution < -0.4 is 9.47 Å². The second-order valence-electron chi connectivity index (χ2n) is 19.1. The van der Waals surface area contributed by atoms with E-state index in [0.717, 1.165) is 93.3 Å². The summed E-state index contributed by atoms with van der Waals surface area (Å²) in [5.41, 5.74) is 2.60. The lowest BCUT2D eigenvalue weighted by atomic mass is 9.47. The Hall–Kier alpha value is -3.48. The van der Waals surface area contributed by atoms with E-state index < -0.39 is 11.8 Å². The number of carbonyl (C=O) groups is 3. The van der Waals surface area contributed by atoms with Crippen molar-refractivity contribution in [1.29, 1.82) is 0 Å². The van der Waals surface area contributed by atoms with Gasteiger partial charge in [-0.3, -0.25) is 9.59 Å². The van der Waals surface area contributed by atoms with E-state index in [4.69, 9.17) is 14.2 Å². The van der Waals surface area contributed by atoms with E-state index in [2.05, 4.69) is 40.7 Å². The summed E-state index contributed by atoms with van der Waals surface area (Å²) < 4.78 is 29.9. The van der Waals surface area contributed by atoms with E-state index >= 15 is 0 Å². The van der Waals surface area contributed by atoms with Gasteiger partial charge in [-0.25, -0.2) is 9.18 Å². The predicted molar refractivity (Wildman–Crippen MR) is 223 cm³/mol. The second kappa shape index (κ2) is 19.5. The van der Waals surface area contributed by atoms with Gasteiger partial charge >= 0.3 is 17.9 Å². The molecule has 0 N–H and O–H groups in total. The SMILES string of the molecule is CC(C)CCC[C@@H](C)[C@H]1CC[C@H]2[C@@H]3CC=C4C[C@@H](OC(=O)CCCCCCCCC(=O)Oc5ccc(OC(=O)c6ccc(F)cc6)cc5)CC[C@]4(C)[C@H]3CC[C@]12C. The summed E-state index contributed by atoms with van der Waals surface area (Å²) in [7, 11) is 0. The number of hydrogen-bond donors (Lipinski definition) is 0. The largest absolute Gasteiger partial charge is 0.462 e. The molecule has 312 valence electrons. The number of hydrogen-bond acceptors (Lipinski definition) is 6. The zero-order valence-electron chi connectivity index (χ0n) is 35.5. The summed E-state index contributed by atoms with van der Waals surface area (Å²) in [5, 5.41) is 0. The first-order valence-corrected chi connectivity index (χ1v) is 22.5. The summed E-state index contributed by atoms with van der Waals surface area (Å²) in [6.07, 6.45) is 23.0. The first-order valence-electron chi connectivity index (χ1n) is 22.5. The Morgan fingerprint density at radius 3 is 2.05 bits per heavy atom. The van der Waals surface area contributed by atoms with Crippen LogP contribution in [0.2, 0.25) is 0 Å². The highest BCUT2D eigenvalue weighted by atomic mass is 19.1. The molecular formula is C50H69FO6. The lowest BCUT2D eigenvalue weighted by Crippen LogP contribution is -2.51. The summed E-state index contributed by atoms with van der Waals surface area (Å²) in [5.74, 6) is 4.31. The Bertz CT molecular complexity index is 1680. The number of fused-ring (bicyclic) bond motifs is 5. The number of carbonyl (C=O) groups excluding carboxylic acids is 3. The molecular weight excluding hydrogens is 716 g/mol. The van der Waals surface area contributed by atoms with Crippen molar-refractivity contribution in [3.8, 4) is 11.5 Å². The average Bonchev–Trinajstić information content (AvgIpc) is 3.54. The van der Waals surface area contributed by atoms with Crippen molar-refractivity contribution in [1.82, 2.24) is 0 Å². The minimum absolute atomic E-state index is 0.0211. The van der Waals surface area contributed by atoms with Crippen LogP contribution >= 0.6 is 0 Å². The number of esters is 3. The van der Waals surface area contributed by atoms with E-state index in [9.17, 15) is 18.8 Å². The van der Waals surface area contributed by atoms with E-state index in [0.29, 0.717) is 29.8 Å². The third-order valence-corrected chi connectivity index (χ3v) is 14.9. The average molecular weight is 785 g/mol. The molecule has 0 radical (unpaired) electrons. The van der Waals surface area contributed by atoms with Gasteiger partial charge in [0.05, 0.1) is 5.56 Å². The van der Waals surface area contributed by atoms with Gasteiger partial charge in [0.25, 0.3) is 0 Å². The van der Waals surface area contributed by atoms with Crippen LogP contribution in [0.3, 0.4) is 0 Å². The summed E-state index contributed by atoms with van der Waals surface area (Å²) in [4.78, 5) is 37.5. The van der Waals surface area contributed by atoms with Crippen LogP contribution in [0.25, 0.3) is 0 Å². The maximum absolute atomic E-state index is 13.1. The fraction of sp³-hybridized carbons (Fsp3) is 0.660. The second-order valence-corrected chi connectivity index (χ2v) is 19.1. The molecule has 0 unspecified atom stereocenters. The molecule has 0 amide bonds. The Morgan fingerprint density at radius 1 is 0.719 bits per heavy atom. The third-order valence-electron chi connectivity index (χ3n) is 14.9. The number of halogens is 1. The standard InChI is InChI=1S/C50H69FO6/c1-34(2)13-12-14-35(3)43-27-28-44-42-26-19-37-33-41(29-31-49(37,4)45(42)30-32-50(43,44)5)56-47(53)16-11-9-7-6-8-10-15-46(52)55-39-22-24-40(25-23-39)57-48(54)36-17-20-38(51)21-18-36/h17-25,34-35,41-45H,6-16,26-33H2,1-5H3/t35-,41+,42+,43-,44+,45+,49+,50-/m1/s1. The van der Waals surface area contributed by atoms with E-state index in [1.165, 1.54) is 75.6 Å². The molecule has 57 heavy (non-hydrogen) atoms. The number of allylic oxidation sites excluding steroid dienone is 1. The maximum Gasteiger partial charge on any atom is 0.343 e. The zero-order chi connectivity index (χ0) is 40.6. The van der Waals surface area contributed by atoms with Gasteiger partial charge in [-0.1, -0.05) is 91.2 Å². The minimum Gasteiger partial charge on any atom is -0.462 e. The first kappa shape index (κ1) is 43.1. The molecule has 0 aromatic heterocycles. The van der Waals surface area contributed by atoms with Crippen LogP contribution in [-0.4, -0.2) is 24.0 Å². The molecule has 4 aliphatic rings. The van der Waals surface area contributed by atoms with Crippen LogP contribution in [0.1, 0.15) is 167 Å². The molecule has 2 aromatic rings. The van der Waals surface area contributed by atoms with Crippen molar-refractivity contribution < 1.29 is 33.0 Å². The van der Waals surface area contributed by atoms with Gasteiger partial charge < -0.3 is 14.2 Å². The van der Waals surface area contributed by atoms with Crippen LogP contribution in [0, 0.1) is 52.2 Å². The molecule has 6 rings (SSSR count). The number of unbranched alkanes of at least 4 members (excludes halogenated alkanes) is 5. The molecule has 0 bridgehead atoms. The molecule has 7 heteroatoms. The smallest absolute Gasteiger partial charge is 0.343 e. The molecule has 6 nitrogen and oxygen atoms in total. The first-order chi connectivity index (χ1) is 27.4. The van der Waals surface area contributed by atoms with Crippen LogP contribution in [0.4, 0.5) is 4.39 Å². The molecule has 0 heterocycles. The Kier molecular flexibility index (Phi) is 14.8. The third kappa shape index (κ3) is 10.8. The maximum atomic E-state index is 13.1. The summed E-state index contributed by atoms with van der Waals surface area (Å²) in [6.45, 7) is 12.5. The van der Waals surface area contributed by atoms with Gasteiger partial charge in [0.1, 0.15) is 23.4 Å². The lowest BCUT2D eigenvalue weighted by Gasteiger charge is -2.58. The van der Waals surface area contributed by atoms with Crippen molar-refractivity contribution in [3.05, 3.63) is 71.6 Å². The van der Waals surface area contributed by atoms with Gasteiger partial charge in [0, 0.05) is 19.3 Å². The Morgan fingerprint density at radius 2 is 1.37 bits per heavy atom. The highest BCUT2D eigenvalue weighted by Crippen LogP contribution is 2.67. The fourth-order valence-electron chi connectivity index (χ4n) is 11.8. The van der Waals surface area contributed by atoms with Gasteiger partial charge in [0.15, 0.2) is 0 Å². The normalized spacial score (nSPS) is 28.4. The van der Waals surface area contributed by atoms with Crippen molar-refractivity contribution >= 4 is 17.9 Å². The monoisotopic (exact) mass is 785 g/mol. The van der Waals surface area contributed by atoms with Crippen LogP contribution in [0.5, 0.6) is 11.5 Å². The van der Waals surface area contributed by atoms with Crippen LogP contribution in [0.15, 0.2) is 60.2 Å². The zero-order valence-corrected chi connectivity index (χ0v) is 35.5. The van der Waals surface area contributed by atoms with Gasteiger partial charge in [-0.2, -0.15) is 0 Å². The predicted octanol–water partition coefficient (Wildman–Crippen LogP) is 13.0. The molecule has 0 aliphatic heterocycles. The molecule has 0 saturated heterocycles. The van der Waals surface area contributed by atoms with Crippen molar-refractivity contribution in [2.45, 2.75) is 163 Å². The molecule has 2 aromatic carbocycles. The van der Waals surface area contributed by atoms with Crippen molar-refractivity contribution in [3.63, 3.8) is 0 Å². The quantitative estimate of drug-likeness (QED) is 0.0648. The van der Waals surface area contributed by atoms with Crippen molar-refractivity contribution in [2.24, 2.45) is 46.3 Å².